The SMILES string of the molecule is CCCOC(=O)c1cc(-c2ccc(OC)cc2)nc2c(C)cc(C)cc12. The van der Waals surface area contributed by atoms with Gasteiger partial charge in [0, 0.05) is 10.9 Å². The highest BCUT2D eigenvalue weighted by atomic mass is 16.5. The molecule has 134 valence electrons. The second-order valence-corrected chi connectivity index (χ2v) is 6.40. The van der Waals surface area contributed by atoms with Crippen LogP contribution in [0.1, 0.15) is 34.8 Å². The van der Waals surface area contributed by atoms with E-state index in [1.165, 1.54) is 0 Å². The Morgan fingerprint density at radius 2 is 1.81 bits per heavy atom. The molecule has 0 unspecified atom stereocenters. The summed E-state index contributed by atoms with van der Waals surface area (Å²) in [5.74, 6) is 0.475. The Labute approximate surface area is 153 Å². The molecule has 2 aromatic carbocycles. The van der Waals surface area contributed by atoms with E-state index in [1.54, 1.807) is 7.11 Å². The van der Waals surface area contributed by atoms with Crippen molar-refractivity contribution in [3.05, 3.63) is 59.2 Å². The Kier molecular flexibility index (Phi) is 5.21. The van der Waals surface area contributed by atoms with E-state index >= 15 is 0 Å². The molecule has 0 saturated carbocycles. The standard InChI is InChI=1S/C22H23NO3/c1-5-10-26-22(24)19-13-20(16-6-8-17(25-4)9-7-16)23-21-15(3)11-14(2)12-18(19)21/h6-9,11-13H,5,10H2,1-4H3. The summed E-state index contributed by atoms with van der Waals surface area (Å²) in [6.45, 7) is 6.42. The highest BCUT2D eigenvalue weighted by Gasteiger charge is 2.17. The number of aryl methyl sites for hydroxylation is 2. The zero-order chi connectivity index (χ0) is 18.7. The fourth-order valence-electron chi connectivity index (χ4n) is 3.03. The zero-order valence-electron chi connectivity index (χ0n) is 15.6. The number of nitrogens with zero attached hydrogens (tertiary/aromatic N) is 1. The lowest BCUT2D eigenvalue weighted by molar-refractivity contribution is 0.0507. The number of benzene rings is 2. The molecular formula is C22H23NO3. The summed E-state index contributed by atoms with van der Waals surface area (Å²) in [5, 5.41) is 0.834. The summed E-state index contributed by atoms with van der Waals surface area (Å²) in [6, 6.07) is 13.6. The summed E-state index contributed by atoms with van der Waals surface area (Å²) in [5.41, 5.74) is 5.19. The van der Waals surface area contributed by atoms with Crippen LogP contribution in [0, 0.1) is 13.8 Å². The maximum absolute atomic E-state index is 12.7. The van der Waals surface area contributed by atoms with Gasteiger partial charge < -0.3 is 9.47 Å². The molecule has 0 atom stereocenters. The van der Waals surface area contributed by atoms with Crippen molar-refractivity contribution in [1.82, 2.24) is 4.98 Å². The molecule has 3 rings (SSSR count). The molecule has 0 aliphatic carbocycles. The van der Waals surface area contributed by atoms with E-state index in [2.05, 4.69) is 6.07 Å². The lowest BCUT2D eigenvalue weighted by atomic mass is 10.00. The molecule has 0 aliphatic rings. The van der Waals surface area contributed by atoms with Gasteiger partial charge in [-0.25, -0.2) is 9.78 Å². The van der Waals surface area contributed by atoms with Crippen LogP contribution in [0.4, 0.5) is 0 Å². The van der Waals surface area contributed by atoms with Crippen molar-refractivity contribution in [1.29, 1.82) is 0 Å². The molecule has 26 heavy (non-hydrogen) atoms. The molecule has 1 aromatic heterocycles. The molecule has 0 spiro atoms. The van der Waals surface area contributed by atoms with Gasteiger partial charge in [0.05, 0.1) is 30.5 Å². The fraction of sp³-hybridized carbons (Fsp3) is 0.273. The molecule has 1 heterocycles. The molecule has 0 saturated heterocycles. The third-order valence-electron chi connectivity index (χ3n) is 4.29. The number of hydrogen-bond donors (Lipinski definition) is 0. The minimum Gasteiger partial charge on any atom is -0.497 e. The number of methoxy groups -OCH3 is 1. The highest BCUT2D eigenvalue weighted by molar-refractivity contribution is 6.05. The number of rotatable bonds is 5. The summed E-state index contributed by atoms with van der Waals surface area (Å²) < 4.78 is 10.6. The largest absolute Gasteiger partial charge is 0.497 e. The van der Waals surface area contributed by atoms with E-state index < -0.39 is 0 Å². The first-order chi connectivity index (χ1) is 12.5. The van der Waals surface area contributed by atoms with Gasteiger partial charge in [0.1, 0.15) is 5.75 Å². The lowest BCUT2D eigenvalue weighted by Crippen LogP contribution is -2.08. The van der Waals surface area contributed by atoms with Crippen molar-refractivity contribution in [3.8, 4) is 17.0 Å². The Hall–Kier alpha value is -2.88. The summed E-state index contributed by atoms with van der Waals surface area (Å²) in [4.78, 5) is 17.5. The monoisotopic (exact) mass is 349 g/mol. The third-order valence-corrected chi connectivity index (χ3v) is 4.29. The minimum atomic E-state index is -0.306. The quantitative estimate of drug-likeness (QED) is 0.602. The van der Waals surface area contributed by atoms with Gasteiger partial charge >= 0.3 is 5.97 Å². The number of aromatic nitrogens is 1. The number of carbonyl (C=O) groups is 1. The van der Waals surface area contributed by atoms with Crippen LogP contribution in [-0.2, 0) is 4.74 Å². The van der Waals surface area contributed by atoms with Crippen LogP contribution in [0.25, 0.3) is 22.2 Å². The molecule has 0 amide bonds. The number of hydrogen-bond acceptors (Lipinski definition) is 4. The molecule has 4 heteroatoms. The molecule has 0 bridgehead atoms. The minimum absolute atomic E-state index is 0.306. The average molecular weight is 349 g/mol. The normalized spacial score (nSPS) is 10.8. The van der Waals surface area contributed by atoms with Gasteiger partial charge in [-0.05, 0) is 62.2 Å². The van der Waals surface area contributed by atoms with Gasteiger partial charge in [0.2, 0.25) is 0 Å². The first-order valence-corrected chi connectivity index (χ1v) is 8.77. The van der Waals surface area contributed by atoms with E-state index in [0.29, 0.717) is 12.2 Å². The van der Waals surface area contributed by atoms with Gasteiger partial charge in [-0.1, -0.05) is 18.6 Å². The topological polar surface area (TPSA) is 48.4 Å². The molecule has 0 radical (unpaired) electrons. The zero-order valence-corrected chi connectivity index (χ0v) is 15.6. The van der Waals surface area contributed by atoms with E-state index in [-0.39, 0.29) is 5.97 Å². The molecule has 0 N–H and O–H groups in total. The second-order valence-electron chi connectivity index (χ2n) is 6.40. The summed E-state index contributed by atoms with van der Waals surface area (Å²) >= 11 is 0. The summed E-state index contributed by atoms with van der Waals surface area (Å²) in [7, 11) is 1.64. The van der Waals surface area contributed by atoms with Gasteiger partial charge in [-0.3, -0.25) is 0 Å². The first kappa shape index (κ1) is 17.9. The van der Waals surface area contributed by atoms with Gasteiger partial charge in [0.25, 0.3) is 0 Å². The third kappa shape index (κ3) is 3.54. The van der Waals surface area contributed by atoms with Crippen LogP contribution in [0.2, 0.25) is 0 Å². The molecule has 0 fully saturated rings. The van der Waals surface area contributed by atoms with Crippen molar-refractivity contribution >= 4 is 16.9 Å². The number of esters is 1. The Bertz CT molecular complexity index is 946. The van der Waals surface area contributed by atoms with Crippen molar-refractivity contribution in [2.75, 3.05) is 13.7 Å². The molecule has 4 nitrogen and oxygen atoms in total. The number of ether oxygens (including phenoxy) is 2. The predicted octanol–water partition coefficient (Wildman–Crippen LogP) is 5.09. The predicted molar refractivity (Wildman–Crippen MR) is 104 cm³/mol. The molecular weight excluding hydrogens is 326 g/mol. The lowest BCUT2D eigenvalue weighted by Gasteiger charge is -2.12. The van der Waals surface area contributed by atoms with Crippen molar-refractivity contribution < 1.29 is 14.3 Å². The van der Waals surface area contributed by atoms with Crippen molar-refractivity contribution in [2.24, 2.45) is 0 Å². The number of fused-ring (bicyclic) bond motifs is 1. The van der Waals surface area contributed by atoms with Crippen LogP contribution in [-0.4, -0.2) is 24.7 Å². The van der Waals surface area contributed by atoms with Crippen molar-refractivity contribution in [2.45, 2.75) is 27.2 Å². The van der Waals surface area contributed by atoms with Crippen LogP contribution < -0.4 is 4.74 Å². The molecule has 3 aromatic rings. The van der Waals surface area contributed by atoms with Crippen LogP contribution >= 0.6 is 0 Å². The highest BCUT2D eigenvalue weighted by Crippen LogP contribution is 2.29. The van der Waals surface area contributed by atoms with E-state index in [0.717, 1.165) is 45.5 Å². The Balaban J connectivity index is 2.19. The number of carbonyl (C=O) groups excluding carboxylic acids is 1. The summed E-state index contributed by atoms with van der Waals surface area (Å²) in [6.07, 6.45) is 0.790. The maximum atomic E-state index is 12.7. The first-order valence-electron chi connectivity index (χ1n) is 8.77. The second kappa shape index (κ2) is 7.56. The van der Waals surface area contributed by atoms with Crippen LogP contribution in [0.15, 0.2) is 42.5 Å². The van der Waals surface area contributed by atoms with Gasteiger partial charge in [-0.2, -0.15) is 0 Å². The van der Waals surface area contributed by atoms with E-state index in [9.17, 15) is 4.79 Å². The van der Waals surface area contributed by atoms with E-state index in [4.69, 9.17) is 14.5 Å². The Morgan fingerprint density at radius 1 is 1.08 bits per heavy atom. The maximum Gasteiger partial charge on any atom is 0.338 e. The molecule has 0 aliphatic heterocycles. The van der Waals surface area contributed by atoms with Crippen molar-refractivity contribution in [3.63, 3.8) is 0 Å². The van der Waals surface area contributed by atoms with E-state index in [1.807, 2.05) is 57.2 Å². The smallest absolute Gasteiger partial charge is 0.338 e. The van der Waals surface area contributed by atoms with Crippen LogP contribution in [0.5, 0.6) is 5.75 Å². The number of pyridine rings is 1. The van der Waals surface area contributed by atoms with Gasteiger partial charge in [-0.15, -0.1) is 0 Å². The van der Waals surface area contributed by atoms with Gasteiger partial charge in [0.15, 0.2) is 0 Å². The van der Waals surface area contributed by atoms with Crippen LogP contribution in [0.3, 0.4) is 0 Å². The fourth-order valence-corrected chi connectivity index (χ4v) is 3.03. The average Bonchev–Trinajstić information content (AvgIpc) is 2.65. The Morgan fingerprint density at radius 3 is 2.46 bits per heavy atom.